The zero-order chi connectivity index (χ0) is 70.4. The van der Waals surface area contributed by atoms with E-state index in [9.17, 15) is 43.2 Å². The summed E-state index contributed by atoms with van der Waals surface area (Å²) in [5, 5.41) is 10.6. The van der Waals surface area contributed by atoms with Gasteiger partial charge in [0, 0.05) is 25.7 Å². The molecule has 0 aromatic rings. The molecule has 0 saturated heterocycles. The fourth-order valence-corrected chi connectivity index (χ4v) is 11.2. The van der Waals surface area contributed by atoms with Gasteiger partial charge in [-0.05, 0) is 122 Å². The molecule has 96 heavy (non-hydrogen) atoms. The number of phosphoric acid groups is 2. The van der Waals surface area contributed by atoms with Crippen LogP contribution in [0.3, 0.4) is 0 Å². The number of carbonyl (C=O) groups is 4. The van der Waals surface area contributed by atoms with Gasteiger partial charge in [-0.1, -0.05) is 259 Å². The average Bonchev–Trinajstić information content (AvgIpc) is 1.17. The Hall–Kier alpha value is -4.28. The van der Waals surface area contributed by atoms with Crippen molar-refractivity contribution in [2.45, 2.75) is 316 Å². The van der Waals surface area contributed by atoms with Gasteiger partial charge in [0.15, 0.2) is 12.2 Å². The summed E-state index contributed by atoms with van der Waals surface area (Å²) < 4.78 is 68.3. The maximum absolute atomic E-state index is 13.1. The number of rotatable bonds is 69. The Kier molecular flexibility index (Phi) is 66.1. The van der Waals surface area contributed by atoms with Crippen LogP contribution in [0.2, 0.25) is 0 Å². The number of esters is 4. The first-order chi connectivity index (χ1) is 46.7. The number of allylic oxidation sites excluding steroid dienone is 18. The van der Waals surface area contributed by atoms with Gasteiger partial charge in [-0.2, -0.15) is 0 Å². The molecular formula is C77H132O17P2. The number of hydrogen-bond acceptors (Lipinski definition) is 15. The second-order valence-corrected chi connectivity index (χ2v) is 27.4. The van der Waals surface area contributed by atoms with Gasteiger partial charge in [-0.25, -0.2) is 9.13 Å². The third-order valence-corrected chi connectivity index (χ3v) is 17.1. The van der Waals surface area contributed by atoms with Gasteiger partial charge < -0.3 is 33.8 Å². The fraction of sp³-hybridized carbons (Fsp3) is 0.714. The summed E-state index contributed by atoms with van der Waals surface area (Å²) in [6.45, 7) is 4.52. The van der Waals surface area contributed by atoms with Gasteiger partial charge in [0.25, 0.3) is 0 Å². The lowest BCUT2D eigenvalue weighted by atomic mass is 10.0. The van der Waals surface area contributed by atoms with Crippen LogP contribution in [-0.2, 0) is 65.4 Å². The lowest BCUT2D eigenvalue weighted by molar-refractivity contribution is -0.161. The molecule has 0 saturated carbocycles. The fourth-order valence-electron chi connectivity index (χ4n) is 9.59. The molecule has 5 atom stereocenters. The maximum Gasteiger partial charge on any atom is 0.472 e. The average molecular weight is 1390 g/mol. The summed E-state index contributed by atoms with van der Waals surface area (Å²) in [5.74, 6) is -2.25. The van der Waals surface area contributed by atoms with Crippen molar-refractivity contribution in [3.8, 4) is 0 Å². The number of carbonyl (C=O) groups excluding carboxylic acids is 4. The van der Waals surface area contributed by atoms with E-state index in [1.165, 1.54) is 64.2 Å². The van der Waals surface area contributed by atoms with Crippen LogP contribution in [0.15, 0.2) is 109 Å². The summed E-state index contributed by atoms with van der Waals surface area (Å²) in [7, 11) is -9.96. The van der Waals surface area contributed by atoms with Crippen molar-refractivity contribution >= 4 is 39.5 Å². The third kappa shape index (κ3) is 68.3. The van der Waals surface area contributed by atoms with E-state index < -0.39 is 97.5 Å². The van der Waals surface area contributed by atoms with Crippen LogP contribution in [0.4, 0.5) is 0 Å². The van der Waals surface area contributed by atoms with E-state index in [-0.39, 0.29) is 25.7 Å². The first kappa shape index (κ1) is 91.7. The van der Waals surface area contributed by atoms with Crippen molar-refractivity contribution in [3.63, 3.8) is 0 Å². The summed E-state index contributed by atoms with van der Waals surface area (Å²) in [4.78, 5) is 72.7. The number of unbranched alkanes of at least 4 members (excludes halogenated alkanes) is 25. The highest BCUT2D eigenvalue weighted by atomic mass is 31.2. The number of hydrogen-bond donors (Lipinski definition) is 3. The maximum atomic E-state index is 13.1. The van der Waals surface area contributed by atoms with Crippen LogP contribution in [0.25, 0.3) is 0 Å². The highest BCUT2D eigenvalue weighted by Gasteiger charge is 2.30. The summed E-state index contributed by atoms with van der Waals surface area (Å²) >= 11 is 0. The molecule has 552 valence electrons. The topological polar surface area (TPSA) is 237 Å². The molecule has 0 fully saturated rings. The standard InChI is InChI=1S/C77H132O17P2/c1-5-9-13-17-21-25-29-32-34-35-37-40-43-46-50-54-58-62-75(80)88-68-73(94-77(82)64-60-56-52-48-44-38-31-27-23-19-15-11-7-3)70-92-96(85,86)90-66-71(78)65-89-95(83,84)91-69-72(93-76(81)63-59-55-51-47-41-28-24-20-16-12-8-4)67-87-74(79)61-57-53-49-45-42-39-36-33-30-26-22-18-14-10-6-2/h9-10,13-14,20-22,24-26,32-34,36-37,40,42,45,71-73,78H,5-8,11-12,15-19,23,27-31,35,38-39,41,43-44,46-70H2,1-4H3,(H,83,84)(H,85,86)/b13-9-,14-10-,24-20-,25-21-,26-22-,34-32-,36-33-,40-37-,45-42-. The molecule has 0 aliphatic carbocycles. The second kappa shape index (κ2) is 69.2. The van der Waals surface area contributed by atoms with Gasteiger partial charge in [-0.15, -0.1) is 0 Å². The molecular weight excluding hydrogens is 1260 g/mol. The zero-order valence-corrected chi connectivity index (χ0v) is 61.8. The molecule has 17 nitrogen and oxygen atoms in total. The second-order valence-electron chi connectivity index (χ2n) is 24.5. The largest absolute Gasteiger partial charge is 0.472 e. The van der Waals surface area contributed by atoms with Gasteiger partial charge in [-0.3, -0.25) is 37.3 Å². The smallest absolute Gasteiger partial charge is 0.462 e. The molecule has 0 heterocycles. The van der Waals surface area contributed by atoms with Gasteiger partial charge in [0.1, 0.15) is 19.3 Å². The number of aliphatic hydroxyl groups excluding tert-OH is 1. The minimum Gasteiger partial charge on any atom is -0.462 e. The Balaban J connectivity index is 5.36. The van der Waals surface area contributed by atoms with E-state index in [1.807, 2.05) is 0 Å². The summed E-state index contributed by atoms with van der Waals surface area (Å²) in [6, 6.07) is 0. The highest BCUT2D eigenvalue weighted by molar-refractivity contribution is 7.47. The van der Waals surface area contributed by atoms with Crippen LogP contribution in [0, 0.1) is 0 Å². The van der Waals surface area contributed by atoms with E-state index in [2.05, 4.69) is 137 Å². The summed E-state index contributed by atoms with van der Waals surface area (Å²) in [6.07, 6.45) is 72.4. The first-order valence-corrected chi connectivity index (χ1v) is 40.1. The molecule has 0 aliphatic heterocycles. The Morgan fingerprint density at radius 3 is 0.896 bits per heavy atom. The lowest BCUT2D eigenvalue weighted by Gasteiger charge is -2.21. The molecule has 0 bridgehead atoms. The van der Waals surface area contributed by atoms with Gasteiger partial charge in [0.2, 0.25) is 0 Å². The quantitative estimate of drug-likeness (QED) is 0.0169. The predicted molar refractivity (Wildman–Crippen MR) is 390 cm³/mol. The van der Waals surface area contributed by atoms with Crippen LogP contribution in [0.5, 0.6) is 0 Å². The van der Waals surface area contributed by atoms with Crippen LogP contribution >= 0.6 is 15.6 Å². The zero-order valence-electron chi connectivity index (χ0n) is 60.0. The van der Waals surface area contributed by atoms with E-state index in [0.717, 1.165) is 154 Å². The molecule has 0 aromatic heterocycles. The summed E-state index contributed by atoms with van der Waals surface area (Å²) in [5.41, 5.74) is 0. The van der Waals surface area contributed by atoms with E-state index in [1.54, 1.807) is 0 Å². The van der Waals surface area contributed by atoms with Crippen molar-refractivity contribution in [2.24, 2.45) is 0 Å². The van der Waals surface area contributed by atoms with Crippen molar-refractivity contribution in [3.05, 3.63) is 109 Å². The minimum absolute atomic E-state index is 0.0741. The van der Waals surface area contributed by atoms with Crippen LogP contribution in [0.1, 0.15) is 297 Å². The highest BCUT2D eigenvalue weighted by Crippen LogP contribution is 2.45. The molecule has 0 radical (unpaired) electrons. The number of ether oxygens (including phenoxy) is 4. The lowest BCUT2D eigenvalue weighted by Crippen LogP contribution is -2.30. The number of aliphatic hydroxyl groups is 1. The van der Waals surface area contributed by atoms with Crippen molar-refractivity contribution in [1.82, 2.24) is 0 Å². The number of phosphoric ester groups is 2. The minimum atomic E-state index is -4.98. The third-order valence-electron chi connectivity index (χ3n) is 15.2. The normalized spacial score (nSPS) is 14.6. The van der Waals surface area contributed by atoms with Gasteiger partial charge in [0.05, 0.1) is 26.4 Å². The Bertz CT molecular complexity index is 2250. The molecule has 0 aliphatic rings. The van der Waals surface area contributed by atoms with E-state index in [4.69, 9.17) is 37.0 Å². The SMILES string of the molecule is CC/C=C\C/C=C\C/C=C\C/C=C\CCCCCCC(=O)OCC(COP(=O)(O)OCC(O)COP(=O)(O)OCC(COC(=O)CCCC/C=C\C/C=C\C/C=C\C/C=C\CC)OC(=O)CCCCCCC/C=C\CCCC)OC(=O)CCCCCCCCCCCCCCC. The Morgan fingerprint density at radius 2 is 0.552 bits per heavy atom. The van der Waals surface area contributed by atoms with E-state index in [0.29, 0.717) is 25.7 Å². The molecule has 3 N–H and O–H groups in total. The van der Waals surface area contributed by atoms with Crippen molar-refractivity contribution in [1.29, 1.82) is 0 Å². The van der Waals surface area contributed by atoms with Crippen molar-refractivity contribution < 1.29 is 80.2 Å². The Labute approximate surface area is 581 Å². The monoisotopic (exact) mass is 1390 g/mol. The molecule has 0 aromatic carbocycles. The molecule has 19 heteroatoms. The van der Waals surface area contributed by atoms with Crippen LogP contribution in [-0.4, -0.2) is 96.7 Å². The van der Waals surface area contributed by atoms with Crippen LogP contribution < -0.4 is 0 Å². The predicted octanol–water partition coefficient (Wildman–Crippen LogP) is 21.0. The van der Waals surface area contributed by atoms with E-state index >= 15 is 0 Å². The Morgan fingerprint density at radius 1 is 0.302 bits per heavy atom. The molecule has 5 unspecified atom stereocenters. The molecule has 0 rings (SSSR count). The molecule has 0 amide bonds. The first-order valence-electron chi connectivity index (χ1n) is 37.1. The van der Waals surface area contributed by atoms with Gasteiger partial charge >= 0.3 is 39.5 Å². The van der Waals surface area contributed by atoms with Crippen molar-refractivity contribution in [2.75, 3.05) is 39.6 Å². The molecule has 0 spiro atoms.